The van der Waals surface area contributed by atoms with Gasteiger partial charge in [-0.2, -0.15) is 0 Å². The number of piperazine rings is 1. The van der Waals surface area contributed by atoms with Crippen molar-refractivity contribution in [2.45, 2.75) is 50.7 Å². The first-order valence-corrected chi connectivity index (χ1v) is 7.78. The summed E-state index contributed by atoms with van der Waals surface area (Å²) in [4.78, 5) is 26.9. The molecule has 1 aliphatic carbocycles. The maximum atomic E-state index is 12.6. The highest BCUT2D eigenvalue weighted by Gasteiger charge is 2.52. The van der Waals surface area contributed by atoms with Crippen molar-refractivity contribution in [2.24, 2.45) is 0 Å². The zero-order valence-electron chi connectivity index (χ0n) is 12.1. The van der Waals surface area contributed by atoms with E-state index in [0.717, 1.165) is 31.2 Å². The second-order valence-electron chi connectivity index (χ2n) is 5.95. The Kier molecular flexibility index (Phi) is 3.66. The van der Waals surface area contributed by atoms with E-state index < -0.39 is 11.6 Å². The van der Waals surface area contributed by atoms with Crippen molar-refractivity contribution in [2.75, 3.05) is 0 Å². The highest BCUT2D eigenvalue weighted by Crippen LogP contribution is 2.39. The van der Waals surface area contributed by atoms with E-state index in [-0.39, 0.29) is 11.8 Å². The van der Waals surface area contributed by atoms with Crippen molar-refractivity contribution in [1.82, 2.24) is 10.2 Å². The Morgan fingerprint density at radius 1 is 1.29 bits per heavy atom. The Bertz CT molecular complexity index is 581. The number of benzene rings is 1. The Morgan fingerprint density at radius 2 is 1.95 bits per heavy atom. The number of hydrogen-bond donors (Lipinski definition) is 1. The van der Waals surface area contributed by atoms with Crippen LogP contribution in [0.3, 0.4) is 0 Å². The van der Waals surface area contributed by atoms with E-state index in [1.54, 1.807) is 11.8 Å². The molecule has 112 valence electrons. The van der Waals surface area contributed by atoms with Gasteiger partial charge < -0.3 is 10.2 Å². The maximum Gasteiger partial charge on any atom is 0.246 e. The molecule has 1 N–H and O–H groups in total. The van der Waals surface area contributed by atoms with Gasteiger partial charge in [-0.05, 0) is 31.4 Å². The van der Waals surface area contributed by atoms with Crippen LogP contribution in [-0.4, -0.2) is 28.3 Å². The van der Waals surface area contributed by atoms with Gasteiger partial charge in [-0.15, -0.1) is 0 Å². The van der Waals surface area contributed by atoms with Crippen molar-refractivity contribution >= 4 is 23.4 Å². The van der Waals surface area contributed by atoms with Crippen LogP contribution in [0, 0.1) is 0 Å². The topological polar surface area (TPSA) is 49.4 Å². The van der Waals surface area contributed by atoms with Gasteiger partial charge >= 0.3 is 0 Å². The number of nitrogens with zero attached hydrogens (tertiary/aromatic N) is 1. The zero-order chi connectivity index (χ0) is 15.0. The van der Waals surface area contributed by atoms with Crippen LogP contribution in [0.2, 0.25) is 5.02 Å². The third kappa shape index (κ3) is 2.31. The minimum absolute atomic E-state index is 0.0147. The van der Waals surface area contributed by atoms with E-state index in [1.165, 1.54) is 0 Å². The van der Waals surface area contributed by atoms with E-state index in [4.69, 9.17) is 11.6 Å². The predicted molar refractivity (Wildman–Crippen MR) is 80.8 cm³/mol. The second-order valence-corrected chi connectivity index (χ2v) is 6.36. The van der Waals surface area contributed by atoms with Gasteiger partial charge in [-0.3, -0.25) is 9.59 Å². The number of rotatable bonds is 2. The molecule has 1 heterocycles. The van der Waals surface area contributed by atoms with E-state index in [9.17, 15) is 9.59 Å². The van der Waals surface area contributed by atoms with Crippen molar-refractivity contribution in [1.29, 1.82) is 0 Å². The molecule has 5 heteroatoms. The van der Waals surface area contributed by atoms with Gasteiger partial charge in [0.2, 0.25) is 11.8 Å². The lowest BCUT2D eigenvalue weighted by atomic mass is 9.89. The molecule has 2 aliphatic rings. The van der Waals surface area contributed by atoms with Gasteiger partial charge in [-0.25, -0.2) is 0 Å². The van der Waals surface area contributed by atoms with E-state index in [2.05, 4.69) is 5.32 Å². The lowest BCUT2D eigenvalue weighted by Crippen LogP contribution is -2.68. The summed E-state index contributed by atoms with van der Waals surface area (Å²) >= 11 is 6.22. The molecule has 1 saturated heterocycles. The largest absolute Gasteiger partial charge is 0.343 e. The molecule has 0 aromatic heterocycles. The summed E-state index contributed by atoms with van der Waals surface area (Å²) < 4.78 is 0. The normalized spacial score (nSPS) is 24.5. The molecule has 3 rings (SSSR count). The van der Waals surface area contributed by atoms with Crippen LogP contribution >= 0.6 is 11.6 Å². The molecule has 4 nitrogen and oxygen atoms in total. The molecule has 1 aliphatic heterocycles. The quantitative estimate of drug-likeness (QED) is 0.912. The lowest BCUT2D eigenvalue weighted by Gasteiger charge is -2.45. The van der Waals surface area contributed by atoms with Gasteiger partial charge in [0.1, 0.15) is 11.6 Å². The molecule has 2 amide bonds. The summed E-state index contributed by atoms with van der Waals surface area (Å²) in [6.45, 7) is 2.14. The van der Waals surface area contributed by atoms with E-state index in [1.807, 2.05) is 24.3 Å². The average Bonchev–Trinajstić information content (AvgIpc) is 2.94. The van der Waals surface area contributed by atoms with Gasteiger partial charge in [-0.1, -0.05) is 42.6 Å². The van der Waals surface area contributed by atoms with Crippen LogP contribution in [0.4, 0.5) is 0 Å². The molecular formula is C16H19ClN2O2. The number of amides is 2. The van der Waals surface area contributed by atoms with E-state index in [0.29, 0.717) is 11.6 Å². The second kappa shape index (κ2) is 5.34. The molecule has 1 aromatic rings. The molecule has 0 radical (unpaired) electrons. The third-order valence-corrected chi connectivity index (χ3v) is 5.01. The smallest absolute Gasteiger partial charge is 0.246 e. The molecular weight excluding hydrogens is 288 g/mol. The average molecular weight is 307 g/mol. The summed E-state index contributed by atoms with van der Waals surface area (Å²) in [7, 11) is 0. The van der Waals surface area contributed by atoms with Gasteiger partial charge in [0, 0.05) is 11.6 Å². The van der Waals surface area contributed by atoms with Gasteiger partial charge in [0.05, 0.1) is 0 Å². The van der Waals surface area contributed by atoms with E-state index >= 15 is 0 Å². The highest BCUT2D eigenvalue weighted by molar-refractivity contribution is 6.31. The van der Waals surface area contributed by atoms with Crippen LogP contribution in [0.1, 0.15) is 38.2 Å². The first kappa shape index (κ1) is 14.4. The number of hydrogen-bond acceptors (Lipinski definition) is 2. The molecule has 1 saturated carbocycles. The molecule has 1 unspecified atom stereocenters. The SMILES string of the molecule is CC1NC(=O)C2(CCCC2)N(Cc2ccccc2Cl)C1=O. The highest BCUT2D eigenvalue weighted by atomic mass is 35.5. The van der Waals surface area contributed by atoms with Crippen LogP contribution in [0.15, 0.2) is 24.3 Å². The molecule has 1 spiro atoms. The Balaban J connectivity index is 1.97. The van der Waals surface area contributed by atoms with Gasteiger partial charge in [0.25, 0.3) is 0 Å². The molecule has 1 aromatic carbocycles. The number of carbonyl (C=O) groups is 2. The Hall–Kier alpha value is -1.55. The molecule has 2 fully saturated rings. The third-order valence-electron chi connectivity index (χ3n) is 4.64. The van der Waals surface area contributed by atoms with Crippen LogP contribution in [-0.2, 0) is 16.1 Å². The van der Waals surface area contributed by atoms with Crippen LogP contribution in [0.25, 0.3) is 0 Å². The summed E-state index contributed by atoms with van der Waals surface area (Å²) in [6.07, 6.45) is 3.44. The standard InChI is InChI=1S/C16H19ClN2O2/c1-11-14(20)19(10-12-6-2-3-7-13(12)17)16(15(21)18-11)8-4-5-9-16/h2-3,6-7,11H,4-5,8-10H2,1H3,(H,18,21). The van der Waals surface area contributed by atoms with Crippen molar-refractivity contribution < 1.29 is 9.59 Å². The van der Waals surface area contributed by atoms with Crippen molar-refractivity contribution in [3.05, 3.63) is 34.9 Å². The number of nitrogens with one attached hydrogen (secondary N) is 1. The Morgan fingerprint density at radius 3 is 2.62 bits per heavy atom. The predicted octanol–water partition coefficient (Wildman–Crippen LogP) is 2.50. The fourth-order valence-electron chi connectivity index (χ4n) is 3.44. The summed E-state index contributed by atoms with van der Waals surface area (Å²) in [5, 5.41) is 3.47. The number of halogens is 1. The molecule has 1 atom stereocenters. The lowest BCUT2D eigenvalue weighted by molar-refractivity contribution is -0.157. The molecule has 0 bridgehead atoms. The van der Waals surface area contributed by atoms with Crippen LogP contribution in [0.5, 0.6) is 0 Å². The maximum absolute atomic E-state index is 12.6. The monoisotopic (exact) mass is 306 g/mol. The van der Waals surface area contributed by atoms with Crippen molar-refractivity contribution in [3.63, 3.8) is 0 Å². The summed E-state index contributed by atoms with van der Waals surface area (Å²) in [5.74, 6) is -0.0319. The van der Waals surface area contributed by atoms with Gasteiger partial charge in [0.15, 0.2) is 0 Å². The Labute approximate surface area is 129 Å². The fourth-order valence-corrected chi connectivity index (χ4v) is 3.64. The van der Waals surface area contributed by atoms with Crippen molar-refractivity contribution in [3.8, 4) is 0 Å². The fraction of sp³-hybridized carbons (Fsp3) is 0.500. The van der Waals surface area contributed by atoms with Crippen LogP contribution < -0.4 is 5.32 Å². The summed E-state index contributed by atoms with van der Waals surface area (Å²) in [5.41, 5.74) is 0.212. The zero-order valence-corrected chi connectivity index (χ0v) is 12.8. The minimum Gasteiger partial charge on any atom is -0.343 e. The first-order chi connectivity index (χ1) is 10.0. The summed E-state index contributed by atoms with van der Waals surface area (Å²) in [6, 6.07) is 7.03. The number of carbonyl (C=O) groups excluding carboxylic acids is 2. The molecule has 21 heavy (non-hydrogen) atoms. The first-order valence-electron chi connectivity index (χ1n) is 7.40. The minimum atomic E-state index is -0.678.